The standard InChI is InChI=1S/C12H16ClN3OS/c1-15(8-9-3-2-5-17-9)11-10(7-13)16-4-6-18-12(16)14-11/h4,6,9H,2-3,5,7-8H2,1H3. The third-order valence-corrected chi connectivity index (χ3v) is 4.34. The number of nitrogens with zero attached hydrogens (tertiary/aromatic N) is 3. The average Bonchev–Trinajstić information content (AvgIpc) is 3.03. The predicted molar refractivity (Wildman–Crippen MR) is 74.9 cm³/mol. The zero-order valence-electron chi connectivity index (χ0n) is 10.3. The number of anilines is 1. The molecular weight excluding hydrogens is 270 g/mol. The first kappa shape index (κ1) is 12.3. The molecule has 2 aromatic rings. The summed E-state index contributed by atoms with van der Waals surface area (Å²) in [5.41, 5.74) is 1.06. The lowest BCUT2D eigenvalue weighted by Gasteiger charge is -2.21. The van der Waals surface area contributed by atoms with Crippen LogP contribution in [0.15, 0.2) is 11.6 Å². The molecule has 18 heavy (non-hydrogen) atoms. The monoisotopic (exact) mass is 285 g/mol. The minimum atomic E-state index is 0.331. The fraction of sp³-hybridized carbons (Fsp3) is 0.583. The topological polar surface area (TPSA) is 29.8 Å². The molecule has 6 heteroatoms. The second-order valence-electron chi connectivity index (χ2n) is 4.59. The predicted octanol–water partition coefficient (Wildman–Crippen LogP) is 2.75. The van der Waals surface area contributed by atoms with E-state index in [0.29, 0.717) is 12.0 Å². The fourth-order valence-electron chi connectivity index (χ4n) is 2.43. The van der Waals surface area contributed by atoms with Crippen LogP contribution in [0.3, 0.4) is 0 Å². The van der Waals surface area contributed by atoms with Gasteiger partial charge in [-0.1, -0.05) is 0 Å². The summed E-state index contributed by atoms with van der Waals surface area (Å²) in [5.74, 6) is 1.45. The molecule has 98 valence electrons. The summed E-state index contributed by atoms with van der Waals surface area (Å²) in [4.78, 5) is 7.81. The van der Waals surface area contributed by atoms with E-state index in [-0.39, 0.29) is 0 Å². The van der Waals surface area contributed by atoms with Gasteiger partial charge in [-0.25, -0.2) is 4.98 Å². The molecule has 4 nitrogen and oxygen atoms in total. The third-order valence-electron chi connectivity index (χ3n) is 3.33. The summed E-state index contributed by atoms with van der Waals surface area (Å²) < 4.78 is 7.74. The van der Waals surface area contributed by atoms with Gasteiger partial charge in [0.15, 0.2) is 10.8 Å². The largest absolute Gasteiger partial charge is 0.376 e. The molecule has 0 amide bonds. The van der Waals surface area contributed by atoms with Crippen molar-refractivity contribution in [3.05, 3.63) is 17.3 Å². The molecule has 0 N–H and O–H groups in total. The molecule has 1 saturated heterocycles. The van der Waals surface area contributed by atoms with E-state index in [2.05, 4.69) is 21.3 Å². The van der Waals surface area contributed by atoms with Crippen molar-refractivity contribution in [1.82, 2.24) is 9.38 Å². The van der Waals surface area contributed by atoms with E-state index in [9.17, 15) is 0 Å². The van der Waals surface area contributed by atoms with Crippen molar-refractivity contribution in [3.63, 3.8) is 0 Å². The van der Waals surface area contributed by atoms with Gasteiger partial charge in [-0.15, -0.1) is 22.9 Å². The number of alkyl halides is 1. The van der Waals surface area contributed by atoms with Crippen LogP contribution < -0.4 is 4.90 Å². The maximum absolute atomic E-state index is 6.06. The van der Waals surface area contributed by atoms with E-state index in [4.69, 9.17) is 16.3 Å². The molecule has 1 fully saturated rings. The van der Waals surface area contributed by atoms with Gasteiger partial charge >= 0.3 is 0 Å². The van der Waals surface area contributed by atoms with Crippen LogP contribution in [0.2, 0.25) is 0 Å². The molecule has 0 radical (unpaired) electrons. The second-order valence-corrected chi connectivity index (χ2v) is 5.73. The van der Waals surface area contributed by atoms with E-state index in [1.807, 2.05) is 11.6 Å². The minimum Gasteiger partial charge on any atom is -0.376 e. The van der Waals surface area contributed by atoms with E-state index >= 15 is 0 Å². The molecule has 3 heterocycles. The summed E-state index contributed by atoms with van der Waals surface area (Å²) in [6, 6.07) is 0. The molecule has 2 aromatic heterocycles. The van der Waals surface area contributed by atoms with Crippen LogP contribution in [0.5, 0.6) is 0 Å². The summed E-state index contributed by atoms with van der Waals surface area (Å²) in [5, 5.41) is 2.03. The van der Waals surface area contributed by atoms with E-state index in [1.165, 1.54) is 6.42 Å². The van der Waals surface area contributed by atoms with E-state index in [1.54, 1.807) is 11.3 Å². The van der Waals surface area contributed by atoms with Crippen molar-refractivity contribution in [1.29, 1.82) is 0 Å². The quantitative estimate of drug-likeness (QED) is 0.809. The van der Waals surface area contributed by atoms with Crippen molar-refractivity contribution >= 4 is 33.7 Å². The average molecular weight is 286 g/mol. The minimum absolute atomic E-state index is 0.331. The molecule has 0 aromatic carbocycles. The van der Waals surface area contributed by atoms with Gasteiger partial charge in [0.2, 0.25) is 0 Å². The molecule has 0 bridgehead atoms. The lowest BCUT2D eigenvalue weighted by molar-refractivity contribution is 0.116. The first-order valence-electron chi connectivity index (χ1n) is 6.12. The lowest BCUT2D eigenvalue weighted by atomic mass is 10.2. The van der Waals surface area contributed by atoms with Crippen LogP contribution in [-0.4, -0.2) is 35.7 Å². The van der Waals surface area contributed by atoms with Crippen molar-refractivity contribution in [2.24, 2.45) is 0 Å². The van der Waals surface area contributed by atoms with Gasteiger partial charge in [-0.2, -0.15) is 0 Å². The van der Waals surface area contributed by atoms with Crippen LogP contribution in [0, 0.1) is 0 Å². The number of likely N-dealkylation sites (N-methyl/N-ethyl adjacent to an activating group) is 1. The number of ether oxygens (including phenoxy) is 1. The molecule has 0 spiro atoms. The number of thiazole rings is 1. The van der Waals surface area contributed by atoms with Gasteiger partial charge < -0.3 is 9.64 Å². The van der Waals surface area contributed by atoms with Gasteiger partial charge in [0.05, 0.1) is 17.7 Å². The maximum atomic E-state index is 6.06. The summed E-state index contributed by atoms with van der Waals surface area (Å²) in [7, 11) is 2.06. The highest BCUT2D eigenvalue weighted by Gasteiger charge is 2.21. The third kappa shape index (κ3) is 2.11. The Bertz CT molecular complexity index is 532. The van der Waals surface area contributed by atoms with Crippen molar-refractivity contribution in [2.45, 2.75) is 24.8 Å². The Labute approximate surface area is 115 Å². The first-order valence-corrected chi connectivity index (χ1v) is 7.54. The fourth-order valence-corrected chi connectivity index (χ4v) is 3.41. The number of rotatable bonds is 4. The van der Waals surface area contributed by atoms with Gasteiger partial charge in [-0.3, -0.25) is 4.40 Å². The number of hydrogen-bond donors (Lipinski definition) is 0. The molecule has 1 aliphatic heterocycles. The van der Waals surface area contributed by atoms with Crippen molar-refractivity contribution in [3.8, 4) is 0 Å². The van der Waals surface area contributed by atoms with Gasteiger partial charge in [0.1, 0.15) is 0 Å². The number of aromatic nitrogens is 2. The Morgan fingerprint density at radius 1 is 1.67 bits per heavy atom. The molecule has 3 rings (SSSR count). The summed E-state index contributed by atoms with van der Waals surface area (Å²) in [6.45, 7) is 1.77. The Morgan fingerprint density at radius 2 is 2.56 bits per heavy atom. The Balaban J connectivity index is 1.85. The molecule has 0 aliphatic carbocycles. The highest BCUT2D eigenvalue weighted by molar-refractivity contribution is 7.15. The smallest absolute Gasteiger partial charge is 0.195 e. The SMILES string of the molecule is CN(CC1CCCO1)c1nc2sccn2c1CCl. The first-order chi connectivity index (χ1) is 8.79. The Morgan fingerprint density at radius 3 is 3.28 bits per heavy atom. The van der Waals surface area contributed by atoms with Crippen LogP contribution in [0.4, 0.5) is 5.82 Å². The van der Waals surface area contributed by atoms with Gasteiger partial charge in [-0.05, 0) is 12.8 Å². The van der Waals surface area contributed by atoms with E-state index in [0.717, 1.165) is 36.0 Å². The Hall–Kier alpha value is -0.780. The Kier molecular flexibility index (Phi) is 3.46. The number of halogens is 1. The lowest BCUT2D eigenvalue weighted by Crippen LogP contribution is -2.29. The molecule has 1 aliphatic rings. The number of imidazole rings is 1. The molecule has 1 unspecified atom stereocenters. The van der Waals surface area contributed by atoms with Crippen LogP contribution in [0.25, 0.3) is 4.96 Å². The van der Waals surface area contributed by atoms with E-state index < -0.39 is 0 Å². The molecule has 0 saturated carbocycles. The zero-order chi connectivity index (χ0) is 12.5. The molecular formula is C12H16ClN3OS. The highest BCUT2D eigenvalue weighted by Crippen LogP contribution is 2.26. The van der Waals surface area contributed by atoms with Gasteiger partial charge in [0, 0.05) is 31.8 Å². The van der Waals surface area contributed by atoms with Crippen LogP contribution in [0.1, 0.15) is 18.5 Å². The van der Waals surface area contributed by atoms with Gasteiger partial charge in [0.25, 0.3) is 0 Å². The zero-order valence-corrected chi connectivity index (χ0v) is 11.9. The van der Waals surface area contributed by atoms with Crippen molar-refractivity contribution in [2.75, 3.05) is 25.1 Å². The number of hydrogen-bond acceptors (Lipinski definition) is 4. The second kappa shape index (κ2) is 5.07. The summed E-state index contributed by atoms with van der Waals surface area (Å²) in [6.07, 6.45) is 4.66. The normalized spacial score (nSPS) is 19.8. The van der Waals surface area contributed by atoms with Crippen LogP contribution >= 0.6 is 22.9 Å². The maximum Gasteiger partial charge on any atom is 0.195 e. The highest BCUT2D eigenvalue weighted by atomic mass is 35.5. The number of fused-ring (bicyclic) bond motifs is 1. The molecule has 1 atom stereocenters. The summed E-state index contributed by atoms with van der Waals surface area (Å²) >= 11 is 7.69. The van der Waals surface area contributed by atoms with Crippen molar-refractivity contribution < 1.29 is 4.74 Å². The van der Waals surface area contributed by atoms with Crippen LogP contribution in [-0.2, 0) is 10.6 Å².